The maximum absolute atomic E-state index is 12.6. The predicted molar refractivity (Wildman–Crippen MR) is 119 cm³/mol. The zero-order chi connectivity index (χ0) is 23.5. The number of phenols is 1. The number of benzene rings is 2. The maximum Gasteiger partial charge on any atom is 0.412 e. The van der Waals surface area contributed by atoms with Gasteiger partial charge in [0.15, 0.2) is 11.9 Å². The number of allylic oxidation sites excluding steroid dienone is 1. The van der Waals surface area contributed by atoms with E-state index in [1.807, 2.05) is 6.92 Å². The number of aromatic hydroxyl groups is 1. The van der Waals surface area contributed by atoms with Crippen molar-refractivity contribution in [3.8, 4) is 5.75 Å². The van der Waals surface area contributed by atoms with Gasteiger partial charge in [-0.3, -0.25) is 10.1 Å². The fourth-order valence-electron chi connectivity index (χ4n) is 3.05. The van der Waals surface area contributed by atoms with Crippen LogP contribution in [0.25, 0.3) is 0 Å². The van der Waals surface area contributed by atoms with E-state index < -0.39 is 24.3 Å². The van der Waals surface area contributed by atoms with E-state index in [4.69, 9.17) is 14.6 Å². The minimum Gasteiger partial charge on any atom is -0.508 e. The van der Waals surface area contributed by atoms with Gasteiger partial charge < -0.3 is 19.7 Å². The van der Waals surface area contributed by atoms with Gasteiger partial charge in [-0.2, -0.15) is 0 Å². The lowest BCUT2D eigenvalue weighted by atomic mass is 10.00. The number of hydrogen-bond donors (Lipinski definition) is 3. The van der Waals surface area contributed by atoms with E-state index in [-0.39, 0.29) is 11.5 Å². The molecule has 170 valence electrons. The first-order chi connectivity index (χ1) is 15.3. The van der Waals surface area contributed by atoms with Gasteiger partial charge >= 0.3 is 12.1 Å². The number of anilines is 1. The molecule has 0 fully saturated rings. The maximum atomic E-state index is 12.6. The fourth-order valence-corrected chi connectivity index (χ4v) is 3.05. The molecule has 8 nitrogen and oxygen atoms in total. The van der Waals surface area contributed by atoms with E-state index >= 15 is 0 Å². The van der Waals surface area contributed by atoms with Crippen molar-refractivity contribution in [3.05, 3.63) is 71.8 Å². The number of phenolic OH excluding ortho intramolecular Hbond substituents is 1. The normalized spacial score (nSPS) is 12.8. The van der Waals surface area contributed by atoms with Gasteiger partial charge in [0, 0.05) is 23.9 Å². The predicted octanol–water partition coefficient (Wildman–Crippen LogP) is 4.71. The summed E-state index contributed by atoms with van der Waals surface area (Å²) in [4.78, 5) is 34.7. The number of ketones is 1. The average molecular weight is 441 g/mol. The molecule has 2 aromatic rings. The summed E-state index contributed by atoms with van der Waals surface area (Å²) in [5, 5.41) is 21.0. The van der Waals surface area contributed by atoms with Gasteiger partial charge in [-0.25, -0.2) is 9.59 Å². The van der Waals surface area contributed by atoms with Gasteiger partial charge in [-0.15, -0.1) is 0 Å². The SMILES string of the molecule is CCO[C@H](CC/C=C/C(=O)O)[C@H](OC(=O)Nc1ccc(C(C)=O)cc1)c1ccc(O)cc1. The lowest BCUT2D eigenvalue weighted by Crippen LogP contribution is -2.29. The lowest BCUT2D eigenvalue weighted by Gasteiger charge is -2.27. The lowest BCUT2D eigenvalue weighted by molar-refractivity contribution is -0.131. The Hall–Kier alpha value is -3.65. The topological polar surface area (TPSA) is 122 Å². The van der Waals surface area contributed by atoms with E-state index in [0.717, 1.165) is 6.08 Å². The summed E-state index contributed by atoms with van der Waals surface area (Å²) < 4.78 is 11.5. The third kappa shape index (κ3) is 7.88. The molecule has 0 spiro atoms. The molecule has 0 saturated heterocycles. The summed E-state index contributed by atoms with van der Waals surface area (Å²) in [7, 11) is 0. The van der Waals surface area contributed by atoms with Crippen LogP contribution in [0.15, 0.2) is 60.7 Å². The van der Waals surface area contributed by atoms with Crippen molar-refractivity contribution < 1.29 is 34.1 Å². The van der Waals surface area contributed by atoms with Crippen LogP contribution in [0.3, 0.4) is 0 Å². The first kappa shape index (κ1) is 24.6. The van der Waals surface area contributed by atoms with Gasteiger partial charge in [-0.05, 0) is 68.7 Å². The first-order valence-electron chi connectivity index (χ1n) is 10.2. The molecule has 0 radical (unpaired) electrons. The number of carbonyl (C=O) groups is 3. The van der Waals surface area contributed by atoms with Crippen LogP contribution < -0.4 is 5.32 Å². The molecule has 2 aromatic carbocycles. The summed E-state index contributed by atoms with van der Waals surface area (Å²) in [5.41, 5.74) is 1.60. The molecule has 1 amide bonds. The van der Waals surface area contributed by atoms with Crippen LogP contribution in [-0.2, 0) is 14.3 Å². The highest BCUT2D eigenvalue weighted by Gasteiger charge is 2.27. The number of carboxylic acid groups (broad SMARTS) is 1. The molecule has 8 heteroatoms. The third-order valence-corrected chi connectivity index (χ3v) is 4.59. The van der Waals surface area contributed by atoms with Crippen molar-refractivity contribution in [2.75, 3.05) is 11.9 Å². The quantitative estimate of drug-likeness (QED) is 0.341. The molecule has 0 bridgehead atoms. The van der Waals surface area contributed by atoms with Crippen molar-refractivity contribution in [2.45, 2.75) is 38.9 Å². The molecule has 0 unspecified atom stereocenters. The number of Topliss-reactive ketones (excluding diaryl/α,β-unsaturated/α-hetero) is 1. The summed E-state index contributed by atoms with van der Waals surface area (Å²) in [6.07, 6.45) is 1.31. The van der Waals surface area contributed by atoms with Crippen molar-refractivity contribution in [1.29, 1.82) is 0 Å². The Kier molecular flexibility index (Phi) is 9.43. The number of nitrogens with one attached hydrogen (secondary N) is 1. The molecule has 0 aliphatic carbocycles. The van der Waals surface area contributed by atoms with E-state index in [2.05, 4.69) is 5.32 Å². The minimum absolute atomic E-state index is 0.0693. The van der Waals surface area contributed by atoms with E-state index in [1.54, 1.807) is 36.4 Å². The summed E-state index contributed by atoms with van der Waals surface area (Å²) in [6, 6.07) is 12.6. The number of carbonyl (C=O) groups excluding carboxylic acids is 2. The van der Waals surface area contributed by atoms with E-state index in [0.29, 0.717) is 36.3 Å². The van der Waals surface area contributed by atoms with Crippen molar-refractivity contribution in [3.63, 3.8) is 0 Å². The Labute approximate surface area is 186 Å². The Balaban J connectivity index is 2.18. The van der Waals surface area contributed by atoms with E-state index in [9.17, 15) is 19.5 Å². The summed E-state index contributed by atoms with van der Waals surface area (Å²) in [6.45, 7) is 3.63. The van der Waals surface area contributed by atoms with Crippen LogP contribution in [-0.4, -0.2) is 40.8 Å². The molecule has 32 heavy (non-hydrogen) atoms. The second-order valence-corrected chi connectivity index (χ2v) is 6.99. The Morgan fingerprint density at radius 1 is 1.06 bits per heavy atom. The molecular formula is C24H27NO7. The van der Waals surface area contributed by atoms with E-state index in [1.165, 1.54) is 25.1 Å². The summed E-state index contributed by atoms with van der Waals surface area (Å²) >= 11 is 0. The van der Waals surface area contributed by atoms with Crippen molar-refractivity contribution in [1.82, 2.24) is 0 Å². The van der Waals surface area contributed by atoms with Crippen LogP contribution in [0.5, 0.6) is 5.75 Å². The van der Waals surface area contributed by atoms with Gasteiger partial charge in [0.05, 0.1) is 6.10 Å². The summed E-state index contributed by atoms with van der Waals surface area (Å²) in [5.74, 6) is -1.05. The fraction of sp³-hybridized carbons (Fsp3) is 0.292. The molecular weight excluding hydrogens is 414 g/mol. The van der Waals surface area contributed by atoms with Crippen LogP contribution >= 0.6 is 0 Å². The molecule has 0 aliphatic heterocycles. The highest BCUT2D eigenvalue weighted by molar-refractivity contribution is 5.95. The second kappa shape index (κ2) is 12.3. The number of amides is 1. The second-order valence-electron chi connectivity index (χ2n) is 6.99. The minimum atomic E-state index is -1.04. The zero-order valence-electron chi connectivity index (χ0n) is 18.0. The zero-order valence-corrected chi connectivity index (χ0v) is 18.0. The third-order valence-electron chi connectivity index (χ3n) is 4.59. The van der Waals surface area contributed by atoms with Crippen LogP contribution in [0, 0.1) is 0 Å². The van der Waals surface area contributed by atoms with Crippen LogP contribution in [0.4, 0.5) is 10.5 Å². The first-order valence-corrected chi connectivity index (χ1v) is 10.2. The Bertz CT molecular complexity index is 936. The van der Waals surface area contributed by atoms with Gasteiger partial charge in [0.25, 0.3) is 0 Å². The molecule has 0 aromatic heterocycles. The molecule has 0 saturated carbocycles. The molecule has 0 heterocycles. The largest absolute Gasteiger partial charge is 0.508 e. The van der Waals surface area contributed by atoms with Gasteiger partial charge in [-0.1, -0.05) is 18.2 Å². The standard InChI is InChI=1S/C24H27NO7/c1-3-31-21(6-4-5-7-22(28)29)23(18-10-14-20(27)15-11-18)32-24(30)25-19-12-8-17(9-13-19)16(2)26/h5,7-15,21,23,27H,3-4,6H2,1-2H3,(H,25,30)(H,28,29)/b7-5+/t21-,23-/m1/s1. The number of aliphatic carboxylic acids is 1. The highest BCUT2D eigenvalue weighted by Crippen LogP contribution is 2.29. The van der Waals surface area contributed by atoms with Gasteiger partial charge in [0.2, 0.25) is 0 Å². The number of rotatable bonds is 11. The van der Waals surface area contributed by atoms with Crippen LogP contribution in [0.1, 0.15) is 48.7 Å². The molecule has 0 aliphatic rings. The molecule has 2 atom stereocenters. The van der Waals surface area contributed by atoms with Crippen molar-refractivity contribution in [2.24, 2.45) is 0 Å². The molecule has 3 N–H and O–H groups in total. The monoisotopic (exact) mass is 441 g/mol. The average Bonchev–Trinajstić information content (AvgIpc) is 2.75. The smallest absolute Gasteiger partial charge is 0.412 e. The number of ether oxygens (including phenoxy) is 2. The number of carboxylic acids is 1. The van der Waals surface area contributed by atoms with Crippen molar-refractivity contribution >= 4 is 23.5 Å². The molecule has 2 rings (SSSR count). The van der Waals surface area contributed by atoms with Gasteiger partial charge in [0.1, 0.15) is 5.75 Å². The Morgan fingerprint density at radius 3 is 2.28 bits per heavy atom. The van der Waals surface area contributed by atoms with Crippen LogP contribution in [0.2, 0.25) is 0 Å². The highest BCUT2D eigenvalue weighted by atomic mass is 16.6. The number of hydrogen-bond acceptors (Lipinski definition) is 6. The Morgan fingerprint density at radius 2 is 1.72 bits per heavy atom.